The summed E-state index contributed by atoms with van der Waals surface area (Å²) < 4.78 is 37.0. The molecule has 0 aliphatic carbocycles. The van der Waals surface area contributed by atoms with Gasteiger partial charge in [0.05, 0.1) is 0 Å². The summed E-state index contributed by atoms with van der Waals surface area (Å²) >= 11 is 0. The zero-order valence-electron chi connectivity index (χ0n) is 11.8. The van der Waals surface area contributed by atoms with Gasteiger partial charge in [-0.05, 0) is 32.9 Å². The Morgan fingerprint density at radius 1 is 1.33 bits per heavy atom. The van der Waals surface area contributed by atoms with Crippen molar-refractivity contribution in [2.45, 2.75) is 32.0 Å². The fourth-order valence-corrected chi connectivity index (χ4v) is 2.24. The minimum Gasteiger partial charge on any atom is -0.480 e. The third-order valence-electron chi connectivity index (χ3n) is 3.30. The maximum Gasteiger partial charge on any atom is 0.406 e. The molecule has 1 saturated heterocycles. The lowest BCUT2D eigenvalue weighted by molar-refractivity contribution is -0.148. The lowest BCUT2D eigenvalue weighted by atomic mass is 10.3. The van der Waals surface area contributed by atoms with E-state index in [1.165, 1.54) is 0 Å². The Bertz CT molecular complexity index is 370. The predicted octanol–water partition coefficient (Wildman–Crippen LogP) is 1.13. The first-order chi connectivity index (χ1) is 9.69. The number of likely N-dealkylation sites (tertiary alicyclic amines) is 1. The monoisotopic (exact) mass is 311 g/mol. The van der Waals surface area contributed by atoms with Crippen LogP contribution in [0, 0.1) is 0 Å². The van der Waals surface area contributed by atoms with Crippen molar-refractivity contribution in [2.75, 3.05) is 32.7 Å². The Balaban J connectivity index is 2.49. The SMILES string of the molecule is CC(CNC(=O)N(CC(=O)O)CC(F)(F)F)N1CCCC1. The number of hydrogen-bond donors (Lipinski definition) is 2. The van der Waals surface area contributed by atoms with Crippen molar-refractivity contribution in [3.8, 4) is 0 Å². The predicted molar refractivity (Wildman–Crippen MR) is 68.9 cm³/mol. The number of hydrogen-bond acceptors (Lipinski definition) is 3. The topological polar surface area (TPSA) is 72.9 Å². The highest BCUT2D eigenvalue weighted by atomic mass is 19.4. The van der Waals surface area contributed by atoms with Crippen LogP contribution in [-0.4, -0.2) is 71.8 Å². The quantitative estimate of drug-likeness (QED) is 0.771. The van der Waals surface area contributed by atoms with Crippen molar-refractivity contribution in [1.29, 1.82) is 0 Å². The third kappa shape index (κ3) is 6.65. The van der Waals surface area contributed by atoms with E-state index in [9.17, 15) is 22.8 Å². The Hall–Kier alpha value is -1.51. The number of halogens is 3. The van der Waals surface area contributed by atoms with Crippen LogP contribution in [0.4, 0.5) is 18.0 Å². The van der Waals surface area contributed by atoms with Crippen LogP contribution >= 0.6 is 0 Å². The molecule has 122 valence electrons. The number of urea groups is 1. The van der Waals surface area contributed by atoms with E-state index in [0.717, 1.165) is 25.9 Å². The van der Waals surface area contributed by atoms with Crippen molar-refractivity contribution in [1.82, 2.24) is 15.1 Å². The van der Waals surface area contributed by atoms with Gasteiger partial charge in [0.25, 0.3) is 0 Å². The molecule has 1 atom stereocenters. The summed E-state index contributed by atoms with van der Waals surface area (Å²) in [4.78, 5) is 24.6. The molecular weight excluding hydrogens is 291 g/mol. The average molecular weight is 311 g/mol. The number of nitrogens with zero attached hydrogens (tertiary/aromatic N) is 2. The Kier molecular flexibility index (Phi) is 6.25. The second kappa shape index (κ2) is 7.48. The molecule has 1 aliphatic rings. The molecule has 2 N–H and O–H groups in total. The standard InChI is InChI=1S/C12H20F3N3O3/c1-9(17-4-2-3-5-17)6-16-11(21)18(7-10(19)20)8-12(13,14)15/h9H,2-8H2,1H3,(H,16,21)(H,19,20). The number of amides is 2. The zero-order valence-corrected chi connectivity index (χ0v) is 11.8. The lowest BCUT2D eigenvalue weighted by Crippen LogP contribution is -2.50. The largest absolute Gasteiger partial charge is 0.480 e. The Morgan fingerprint density at radius 2 is 1.90 bits per heavy atom. The molecule has 1 heterocycles. The van der Waals surface area contributed by atoms with Crippen molar-refractivity contribution in [2.24, 2.45) is 0 Å². The van der Waals surface area contributed by atoms with E-state index in [2.05, 4.69) is 10.2 Å². The molecule has 9 heteroatoms. The van der Waals surface area contributed by atoms with Crippen LogP contribution in [-0.2, 0) is 4.79 Å². The first-order valence-corrected chi connectivity index (χ1v) is 6.74. The van der Waals surface area contributed by atoms with Crippen molar-refractivity contribution in [3.05, 3.63) is 0 Å². The lowest BCUT2D eigenvalue weighted by Gasteiger charge is -2.26. The highest BCUT2D eigenvalue weighted by Gasteiger charge is 2.34. The van der Waals surface area contributed by atoms with E-state index in [0.29, 0.717) is 0 Å². The summed E-state index contributed by atoms with van der Waals surface area (Å²) in [6.07, 6.45) is -2.50. The van der Waals surface area contributed by atoms with Gasteiger partial charge in [0.15, 0.2) is 0 Å². The minimum atomic E-state index is -4.63. The number of rotatable bonds is 6. The zero-order chi connectivity index (χ0) is 16.0. The summed E-state index contributed by atoms with van der Waals surface area (Å²) in [5.74, 6) is -1.48. The van der Waals surface area contributed by atoms with Gasteiger partial charge in [0.2, 0.25) is 0 Å². The highest BCUT2D eigenvalue weighted by Crippen LogP contribution is 2.16. The molecule has 0 spiro atoms. The number of aliphatic carboxylic acids is 1. The number of nitrogens with one attached hydrogen (secondary N) is 1. The molecule has 0 radical (unpaired) electrons. The molecule has 2 amide bonds. The molecule has 21 heavy (non-hydrogen) atoms. The van der Waals surface area contributed by atoms with E-state index < -0.39 is 31.3 Å². The van der Waals surface area contributed by atoms with Crippen molar-refractivity contribution >= 4 is 12.0 Å². The summed E-state index contributed by atoms with van der Waals surface area (Å²) in [6, 6.07) is -1.00. The van der Waals surface area contributed by atoms with Crippen molar-refractivity contribution < 1.29 is 27.9 Å². The fraction of sp³-hybridized carbons (Fsp3) is 0.833. The minimum absolute atomic E-state index is 0.00835. The Morgan fingerprint density at radius 3 is 2.38 bits per heavy atom. The molecule has 6 nitrogen and oxygen atoms in total. The second-order valence-corrected chi connectivity index (χ2v) is 5.14. The number of carboxylic acid groups (broad SMARTS) is 1. The first kappa shape index (κ1) is 17.5. The molecule has 0 saturated carbocycles. The van der Waals surface area contributed by atoms with Gasteiger partial charge >= 0.3 is 18.2 Å². The van der Waals surface area contributed by atoms with E-state index in [1.807, 2.05) is 6.92 Å². The van der Waals surface area contributed by atoms with Gasteiger partial charge in [0, 0.05) is 12.6 Å². The maximum absolute atomic E-state index is 12.3. The smallest absolute Gasteiger partial charge is 0.406 e. The van der Waals surface area contributed by atoms with Crippen LogP contribution < -0.4 is 5.32 Å². The molecular formula is C12H20F3N3O3. The van der Waals surface area contributed by atoms with Crippen LogP contribution in [0.3, 0.4) is 0 Å². The van der Waals surface area contributed by atoms with Gasteiger partial charge < -0.3 is 15.3 Å². The molecule has 0 bridgehead atoms. The van der Waals surface area contributed by atoms with Crippen LogP contribution in [0.25, 0.3) is 0 Å². The molecule has 0 aromatic rings. The molecule has 0 aromatic carbocycles. The van der Waals surface area contributed by atoms with Crippen molar-refractivity contribution in [3.63, 3.8) is 0 Å². The summed E-state index contributed by atoms with van der Waals surface area (Å²) in [5.41, 5.74) is 0. The molecule has 1 unspecified atom stereocenters. The highest BCUT2D eigenvalue weighted by molar-refractivity contribution is 5.80. The number of carboxylic acids is 1. The van der Waals surface area contributed by atoms with Gasteiger partial charge in [-0.2, -0.15) is 13.2 Å². The molecule has 1 rings (SSSR count). The first-order valence-electron chi connectivity index (χ1n) is 6.74. The van der Waals surface area contributed by atoms with Crippen LogP contribution in [0.1, 0.15) is 19.8 Å². The van der Waals surface area contributed by atoms with Crippen LogP contribution in [0.2, 0.25) is 0 Å². The van der Waals surface area contributed by atoms with E-state index in [4.69, 9.17) is 5.11 Å². The van der Waals surface area contributed by atoms with Gasteiger partial charge in [-0.3, -0.25) is 9.69 Å². The summed E-state index contributed by atoms with van der Waals surface area (Å²) in [7, 11) is 0. The number of carbonyl (C=O) groups is 2. The van der Waals surface area contributed by atoms with Crippen LogP contribution in [0.5, 0.6) is 0 Å². The van der Waals surface area contributed by atoms with Gasteiger partial charge in [-0.15, -0.1) is 0 Å². The average Bonchev–Trinajstić information content (AvgIpc) is 2.86. The van der Waals surface area contributed by atoms with E-state index in [-0.39, 0.29) is 17.5 Å². The van der Waals surface area contributed by atoms with Gasteiger partial charge in [-0.25, -0.2) is 4.79 Å². The van der Waals surface area contributed by atoms with Crippen LogP contribution in [0.15, 0.2) is 0 Å². The molecule has 1 fully saturated rings. The molecule has 0 aromatic heterocycles. The number of carbonyl (C=O) groups excluding carboxylic acids is 1. The normalized spacial score (nSPS) is 17.5. The summed E-state index contributed by atoms with van der Waals surface area (Å²) in [6.45, 7) is 1.30. The fourth-order valence-electron chi connectivity index (χ4n) is 2.24. The summed E-state index contributed by atoms with van der Waals surface area (Å²) in [5, 5.41) is 11.0. The maximum atomic E-state index is 12.3. The van der Waals surface area contributed by atoms with Gasteiger partial charge in [0.1, 0.15) is 13.1 Å². The third-order valence-corrected chi connectivity index (χ3v) is 3.30. The number of alkyl halides is 3. The Labute approximate surface area is 120 Å². The molecule has 1 aliphatic heterocycles. The second-order valence-electron chi connectivity index (χ2n) is 5.14. The van der Waals surface area contributed by atoms with Gasteiger partial charge in [-0.1, -0.05) is 0 Å². The van der Waals surface area contributed by atoms with E-state index >= 15 is 0 Å². The van der Waals surface area contributed by atoms with E-state index in [1.54, 1.807) is 0 Å².